The number of aromatic nitrogens is 1. The number of sulfonamides is 1. The summed E-state index contributed by atoms with van der Waals surface area (Å²) in [6.45, 7) is 1.14. The average molecular weight is 467 g/mol. The van der Waals surface area contributed by atoms with Gasteiger partial charge in [0.2, 0.25) is 10.0 Å². The molecule has 0 amide bonds. The van der Waals surface area contributed by atoms with Crippen LogP contribution >= 0.6 is 23.2 Å². The summed E-state index contributed by atoms with van der Waals surface area (Å²) in [7, 11) is -3.77. The van der Waals surface area contributed by atoms with Gasteiger partial charge in [0.15, 0.2) is 0 Å². The fraction of sp³-hybridized carbons (Fsp3) is 0.200. The first-order valence-electron chi connectivity index (χ1n) is 8.99. The highest BCUT2D eigenvalue weighted by Crippen LogP contribution is 2.33. The van der Waals surface area contributed by atoms with Crippen molar-refractivity contribution >= 4 is 50.1 Å². The van der Waals surface area contributed by atoms with Gasteiger partial charge in [0.1, 0.15) is 0 Å². The van der Waals surface area contributed by atoms with Crippen LogP contribution in [0, 0.1) is 0 Å². The van der Waals surface area contributed by atoms with E-state index in [0.29, 0.717) is 40.0 Å². The molecule has 0 saturated carbocycles. The number of ether oxygens (including phenoxy) is 1. The third kappa shape index (κ3) is 3.89. The first-order chi connectivity index (χ1) is 14.3. The van der Waals surface area contributed by atoms with E-state index in [9.17, 15) is 18.3 Å². The van der Waals surface area contributed by atoms with Crippen LogP contribution in [-0.2, 0) is 14.8 Å². The van der Waals surface area contributed by atoms with Crippen molar-refractivity contribution in [3.8, 4) is 11.3 Å². The molecule has 1 fully saturated rings. The highest BCUT2D eigenvalue weighted by Gasteiger charge is 2.27. The highest BCUT2D eigenvalue weighted by atomic mass is 35.5. The zero-order valence-electron chi connectivity index (χ0n) is 15.5. The molecule has 0 radical (unpaired) electrons. The number of rotatable bonds is 4. The standard InChI is InChI=1S/C20H16Cl2N2O5S/c21-12-1-3-14(17(22)9-12)19-11-16(20(25)26)15-10-13(2-4-18(15)23-19)30(27,28)24-5-7-29-8-6-24/h1-4,9-11H,5-8H2,(H,25,26). The fourth-order valence-corrected chi connectivity index (χ4v) is 5.25. The summed E-state index contributed by atoms with van der Waals surface area (Å²) in [5.74, 6) is -1.20. The second-order valence-electron chi connectivity index (χ2n) is 6.68. The summed E-state index contributed by atoms with van der Waals surface area (Å²) >= 11 is 12.2. The summed E-state index contributed by atoms with van der Waals surface area (Å²) in [5, 5.41) is 10.8. The molecule has 30 heavy (non-hydrogen) atoms. The zero-order chi connectivity index (χ0) is 21.5. The number of carbonyl (C=O) groups is 1. The first kappa shape index (κ1) is 21.0. The van der Waals surface area contributed by atoms with Crippen molar-refractivity contribution in [2.45, 2.75) is 4.90 Å². The van der Waals surface area contributed by atoms with Crippen LogP contribution < -0.4 is 0 Å². The smallest absolute Gasteiger partial charge is 0.336 e. The number of hydrogen-bond donors (Lipinski definition) is 1. The minimum Gasteiger partial charge on any atom is -0.478 e. The van der Waals surface area contributed by atoms with Gasteiger partial charge in [-0.15, -0.1) is 0 Å². The third-order valence-corrected chi connectivity index (χ3v) is 7.27. The highest BCUT2D eigenvalue weighted by molar-refractivity contribution is 7.89. The van der Waals surface area contributed by atoms with Crippen LogP contribution in [0.5, 0.6) is 0 Å². The largest absolute Gasteiger partial charge is 0.478 e. The fourth-order valence-electron chi connectivity index (χ4n) is 3.31. The molecule has 1 aromatic heterocycles. The summed E-state index contributed by atoms with van der Waals surface area (Å²) < 4.78 is 32.4. The third-order valence-electron chi connectivity index (χ3n) is 4.83. The van der Waals surface area contributed by atoms with Gasteiger partial charge in [0.05, 0.1) is 39.9 Å². The van der Waals surface area contributed by atoms with E-state index in [1.165, 1.54) is 28.6 Å². The molecule has 2 heterocycles. The summed E-state index contributed by atoms with van der Waals surface area (Å²) in [6, 6.07) is 10.5. The van der Waals surface area contributed by atoms with E-state index in [1.54, 1.807) is 18.2 Å². The SMILES string of the molecule is O=C(O)c1cc(-c2ccc(Cl)cc2Cl)nc2ccc(S(=O)(=O)N3CCOCC3)cc12. The van der Waals surface area contributed by atoms with Crippen molar-refractivity contribution < 1.29 is 23.1 Å². The normalized spacial score (nSPS) is 15.4. The molecule has 0 unspecified atom stereocenters. The molecule has 0 spiro atoms. The molecular weight excluding hydrogens is 451 g/mol. The van der Waals surface area contributed by atoms with Gasteiger partial charge < -0.3 is 9.84 Å². The summed E-state index contributed by atoms with van der Waals surface area (Å²) in [6.07, 6.45) is 0. The molecule has 0 bridgehead atoms. The second-order valence-corrected chi connectivity index (χ2v) is 9.46. The second kappa shape index (κ2) is 8.13. The number of nitrogens with zero attached hydrogens (tertiary/aromatic N) is 2. The van der Waals surface area contributed by atoms with E-state index in [1.807, 2.05) is 0 Å². The van der Waals surface area contributed by atoms with Crippen molar-refractivity contribution in [1.29, 1.82) is 0 Å². The van der Waals surface area contributed by atoms with Gasteiger partial charge in [0, 0.05) is 29.1 Å². The minimum atomic E-state index is -3.77. The van der Waals surface area contributed by atoms with Gasteiger partial charge in [0.25, 0.3) is 0 Å². The molecule has 1 aliphatic heterocycles. The lowest BCUT2D eigenvalue weighted by Gasteiger charge is -2.26. The Bertz CT molecular complexity index is 1260. The Kier molecular flexibility index (Phi) is 5.69. The summed E-state index contributed by atoms with van der Waals surface area (Å²) in [5.41, 5.74) is 1.15. The Morgan fingerprint density at radius 2 is 1.80 bits per heavy atom. The van der Waals surface area contributed by atoms with Gasteiger partial charge in [-0.1, -0.05) is 23.2 Å². The number of morpholine rings is 1. The van der Waals surface area contributed by atoms with Crippen LogP contribution in [0.2, 0.25) is 10.0 Å². The Morgan fingerprint density at radius 3 is 2.47 bits per heavy atom. The van der Waals surface area contributed by atoms with Crippen molar-refractivity contribution in [3.05, 3.63) is 58.1 Å². The predicted molar refractivity (Wildman–Crippen MR) is 114 cm³/mol. The Labute approximate surface area is 182 Å². The lowest BCUT2D eigenvalue weighted by Crippen LogP contribution is -2.40. The number of pyridine rings is 1. The van der Waals surface area contributed by atoms with Gasteiger partial charge in [-0.2, -0.15) is 4.31 Å². The van der Waals surface area contributed by atoms with E-state index < -0.39 is 16.0 Å². The maximum Gasteiger partial charge on any atom is 0.336 e. The number of aromatic carboxylic acids is 1. The number of halogens is 2. The number of benzene rings is 2. The number of hydrogen-bond acceptors (Lipinski definition) is 5. The van der Waals surface area contributed by atoms with E-state index in [-0.39, 0.29) is 28.9 Å². The van der Waals surface area contributed by atoms with Crippen molar-refractivity contribution in [2.24, 2.45) is 0 Å². The quantitative estimate of drug-likeness (QED) is 0.625. The molecule has 1 saturated heterocycles. The van der Waals surface area contributed by atoms with E-state index in [2.05, 4.69) is 4.98 Å². The number of carboxylic acid groups (broad SMARTS) is 1. The average Bonchev–Trinajstić information content (AvgIpc) is 2.73. The van der Waals surface area contributed by atoms with E-state index >= 15 is 0 Å². The van der Waals surface area contributed by atoms with Gasteiger partial charge in [-0.25, -0.2) is 18.2 Å². The van der Waals surface area contributed by atoms with Crippen molar-refractivity contribution in [2.75, 3.05) is 26.3 Å². The predicted octanol–water partition coefficient (Wildman–Crippen LogP) is 3.93. The van der Waals surface area contributed by atoms with Crippen molar-refractivity contribution in [3.63, 3.8) is 0 Å². The Morgan fingerprint density at radius 1 is 1.07 bits per heavy atom. The number of carboxylic acids is 1. The van der Waals surface area contributed by atoms with Gasteiger partial charge >= 0.3 is 5.97 Å². The zero-order valence-corrected chi connectivity index (χ0v) is 17.8. The van der Waals surface area contributed by atoms with Crippen LogP contribution in [0.4, 0.5) is 0 Å². The van der Waals surface area contributed by atoms with Crippen molar-refractivity contribution in [1.82, 2.24) is 9.29 Å². The van der Waals surface area contributed by atoms with Crippen LogP contribution in [0.3, 0.4) is 0 Å². The molecule has 7 nitrogen and oxygen atoms in total. The topological polar surface area (TPSA) is 96.8 Å². The molecule has 10 heteroatoms. The molecular formula is C20H16Cl2N2O5S. The molecule has 0 atom stereocenters. The van der Waals surface area contributed by atoms with Crippen LogP contribution in [0.1, 0.15) is 10.4 Å². The van der Waals surface area contributed by atoms with E-state index in [0.717, 1.165) is 0 Å². The Hall–Kier alpha value is -2.23. The first-order valence-corrected chi connectivity index (χ1v) is 11.2. The van der Waals surface area contributed by atoms with E-state index in [4.69, 9.17) is 27.9 Å². The van der Waals surface area contributed by atoms with Gasteiger partial charge in [-0.3, -0.25) is 0 Å². The number of fused-ring (bicyclic) bond motifs is 1. The Balaban J connectivity index is 1.86. The molecule has 1 N–H and O–H groups in total. The van der Waals surface area contributed by atoms with Crippen LogP contribution in [-0.4, -0.2) is 55.1 Å². The molecule has 1 aliphatic rings. The molecule has 156 valence electrons. The van der Waals surface area contributed by atoms with Gasteiger partial charge in [-0.05, 0) is 42.5 Å². The van der Waals surface area contributed by atoms with Crippen LogP contribution in [0.15, 0.2) is 47.4 Å². The summed E-state index contributed by atoms with van der Waals surface area (Å²) in [4.78, 5) is 16.4. The lowest BCUT2D eigenvalue weighted by molar-refractivity contribution is 0.0699. The minimum absolute atomic E-state index is 0.0125. The monoisotopic (exact) mass is 466 g/mol. The molecule has 3 aromatic rings. The van der Waals surface area contributed by atoms with Crippen LogP contribution in [0.25, 0.3) is 22.2 Å². The molecule has 2 aromatic carbocycles. The maximum absolute atomic E-state index is 12.9. The molecule has 0 aliphatic carbocycles. The maximum atomic E-state index is 12.9. The lowest BCUT2D eigenvalue weighted by atomic mass is 10.0. The molecule has 4 rings (SSSR count).